The Morgan fingerprint density at radius 2 is 2.00 bits per heavy atom. The molecule has 0 bridgehead atoms. The van der Waals surface area contributed by atoms with Crippen molar-refractivity contribution in [1.29, 1.82) is 0 Å². The van der Waals surface area contributed by atoms with Crippen molar-refractivity contribution in [3.63, 3.8) is 0 Å². The van der Waals surface area contributed by atoms with E-state index in [1.54, 1.807) is 0 Å². The van der Waals surface area contributed by atoms with Gasteiger partial charge in [0.2, 0.25) is 5.91 Å². The maximum atomic E-state index is 11.0. The van der Waals surface area contributed by atoms with E-state index in [4.69, 9.17) is 0 Å². The highest BCUT2D eigenvalue weighted by Crippen LogP contribution is 2.17. The Hall–Kier alpha value is -0.570. The topological polar surface area (TPSA) is 41.1 Å². The number of rotatable bonds is 3. The zero-order valence-corrected chi connectivity index (χ0v) is 8.72. The minimum Gasteiger partial charge on any atom is -0.352 e. The zero-order chi connectivity index (χ0) is 9.80. The van der Waals surface area contributed by atoms with Crippen molar-refractivity contribution in [3.8, 4) is 0 Å². The molecule has 2 fully saturated rings. The Labute approximate surface area is 85.6 Å². The van der Waals surface area contributed by atoms with Crippen LogP contribution in [0, 0.1) is 0 Å². The van der Waals surface area contributed by atoms with Crippen molar-refractivity contribution in [2.24, 2.45) is 0 Å². The molecular formula is C11H20N2O. The highest BCUT2D eigenvalue weighted by Gasteiger charge is 2.21. The Morgan fingerprint density at radius 1 is 1.21 bits per heavy atom. The van der Waals surface area contributed by atoms with Gasteiger partial charge in [-0.25, -0.2) is 0 Å². The van der Waals surface area contributed by atoms with E-state index in [9.17, 15) is 4.79 Å². The maximum absolute atomic E-state index is 11.0. The molecule has 0 spiro atoms. The predicted molar refractivity (Wildman–Crippen MR) is 56.0 cm³/mol. The molecule has 1 saturated heterocycles. The number of amides is 1. The lowest BCUT2D eigenvalue weighted by molar-refractivity contribution is -0.119. The molecule has 0 unspecified atom stereocenters. The maximum Gasteiger partial charge on any atom is 0.220 e. The fraction of sp³-hybridized carbons (Fsp3) is 0.909. The average molecular weight is 196 g/mol. The molecule has 1 aliphatic heterocycles. The number of carbonyl (C=O) groups excluding carboxylic acids is 1. The van der Waals surface area contributed by atoms with Crippen LogP contribution in [0.3, 0.4) is 0 Å². The minimum absolute atomic E-state index is 0.223. The second kappa shape index (κ2) is 4.78. The molecular weight excluding hydrogens is 176 g/mol. The van der Waals surface area contributed by atoms with E-state index in [1.807, 2.05) is 0 Å². The van der Waals surface area contributed by atoms with Crippen molar-refractivity contribution in [3.05, 3.63) is 0 Å². The van der Waals surface area contributed by atoms with Crippen LogP contribution in [0.2, 0.25) is 0 Å². The smallest absolute Gasteiger partial charge is 0.220 e. The molecule has 3 nitrogen and oxygen atoms in total. The molecule has 0 radical (unpaired) electrons. The van der Waals surface area contributed by atoms with E-state index in [-0.39, 0.29) is 5.91 Å². The van der Waals surface area contributed by atoms with Gasteiger partial charge in [-0.2, -0.15) is 0 Å². The van der Waals surface area contributed by atoms with E-state index in [2.05, 4.69) is 10.6 Å². The van der Waals surface area contributed by atoms with E-state index in [0.717, 1.165) is 19.4 Å². The van der Waals surface area contributed by atoms with Gasteiger partial charge in [0.05, 0.1) is 0 Å². The second-order valence-electron chi connectivity index (χ2n) is 4.55. The monoisotopic (exact) mass is 196 g/mol. The quantitative estimate of drug-likeness (QED) is 0.712. The Balaban J connectivity index is 1.63. The second-order valence-corrected chi connectivity index (χ2v) is 4.55. The largest absolute Gasteiger partial charge is 0.352 e. The predicted octanol–water partition coefficient (Wildman–Crippen LogP) is 1.19. The van der Waals surface area contributed by atoms with Crippen LogP contribution < -0.4 is 10.6 Å². The molecule has 0 aromatic heterocycles. The average Bonchev–Trinajstić information content (AvgIpc) is 2.63. The van der Waals surface area contributed by atoms with Crippen molar-refractivity contribution < 1.29 is 4.79 Å². The molecule has 1 amide bonds. The fourth-order valence-electron chi connectivity index (χ4n) is 2.45. The van der Waals surface area contributed by atoms with E-state index in [1.165, 1.54) is 32.1 Å². The van der Waals surface area contributed by atoms with Gasteiger partial charge in [-0.15, -0.1) is 0 Å². The van der Waals surface area contributed by atoms with Crippen LogP contribution in [0.1, 0.15) is 44.9 Å². The molecule has 1 heterocycles. The van der Waals surface area contributed by atoms with Crippen LogP contribution in [0.5, 0.6) is 0 Å². The summed E-state index contributed by atoms with van der Waals surface area (Å²) in [6, 6.07) is 1.10. The standard InChI is InChI=1S/C11H20N2O/c14-11-7-6-10(13-11)8-12-9-4-2-1-3-5-9/h9-10,12H,1-8H2,(H,13,14)/t10-/m0/s1. The Bertz CT molecular complexity index is 199. The summed E-state index contributed by atoms with van der Waals surface area (Å²) in [4.78, 5) is 11.0. The molecule has 0 aromatic carbocycles. The van der Waals surface area contributed by atoms with Gasteiger partial charge in [0.1, 0.15) is 0 Å². The van der Waals surface area contributed by atoms with Gasteiger partial charge < -0.3 is 10.6 Å². The summed E-state index contributed by atoms with van der Waals surface area (Å²) in [5, 5.41) is 6.56. The molecule has 1 saturated carbocycles. The van der Waals surface area contributed by atoms with Gasteiger partial charge in [0.15, 0.2) is 0 Å². The van der Waals surface area contributed by atoms with E-state index >= 15 is 0 Å². The van der Waals surface area contributed by atoms with Crippen LogP contribution in [-0.4, -0.2) is 24.5 Å². The van der Waals surface area contributed by atoms with E-state index < -0.39 is 0 Å². The molecule has 2 rings (SSSR count). The summed E-state index contributed by atoms with van der Waals surface area (Å²) in [5.41, 5.74) is 0. The summed E-state index contributed by atoms with van der Waals surface area (Å²) in [6.45, 7) is 0.969. The van der Waals surface area contributed by atoms with Gasteiger partial charge >= 0.3 is 0 Å². The fourth-order valence-corrected chi connectivity index (χ4v) is 2.45. The van der Waals surface area contributed by atoms with Crippen LogP contribution in [0.25, 0.3) is 0 Å². The van der Waals surface area contributed by atoms with Crippen LogP contribution in [0.15, 0.2) is 0 Å². The third kappa shape index (κ3) is 2.71. The SMILES string of the molecule is O=C1CC[C@@H](CNC2CCCCC2)N1. The van der Waals surface area contributed by atoms with E-state index in [0.29, 0.717) is 12.1 Å². The number of nitrogens with one attached hydrogen (secondary N) is 2. The van der Waals surface area contributed by atoms with Crippen molar-refractivity contribution in [2.45, 2.75) is 57.0 Å². The molecule has 2 aliphatic rings. The third-order valence-corrected chi connectivity index (χ3v) is 3.34. The first kappa shape index (κ1) is 9.97. The summed E-state index contributed by atoms with van der Waals surface area (Å²) in [5.74, 6) is 0.223. The molecule has 14 heavy (non-hydrogen) atoms. The van der Waals surface area contributed by atoms with Crippen molar-refractivity contribution >= 4 is 5.91 Å². The highest BCUT2D eigenvalue weighted by molar-refractivity contribution is 5.78. The van der Waals surface area contributed by atoms with Gasteiger partial charge in [-0.05, 0) is 19.3 Å². The molecule has 2 N–H and O–H groups in total. The van der Waals surface area contributed by atoms with Crippen molar-refractivity contribution in [1.82, 2.24) is 10.6 Å². The molecule has 0 aromatic rings. The first-order valence-electron chi connectivity index (χ1n) is 5.87. The molecule has 1 aliphatic carbocycles. The lowest BCUT2D eigenvalue weighted by atomic mass is 9.95. The van der Waals surface area contributed by atoms with Crippen LogP contribution in [0.4, 0.5) is 0 Å². The third-order valence-electron chi connectivity index (χ3n) is 3.34. The number of hydrogen-bond donors (Lipinski definition) is 2. The van der Waals surface area contributed by atoms with Gasteiger partial charge in [0.25, 0.3) is 0 Å². The first-order valence-corrected chi connectivity index (χ1v) is 5.87. The number of hydrogen-bond acceptors (Lipinski definition) is 2. The molecule has 80 valence electrons. The van der Waals surface area contributed by atoms with Crippen LogP contribution in [-0.2, 0) is 4.79 Å². The van der Waals surface area contributed by atoms with Crippen LogP contribution >= 0.6 is 0 Å². The normalized spacial score (nSPS) is 29.1. The zero-order valence-electron chi connectivity index (χ0n) is 8.72. The summed E-state index contributed by atoms with van der Waals surface area (Å²) < 4.78 is 0. The molecule has 3 heteroatoms. The summed E-state index contributed by atoms with van der Waals surface area (Å²) in [7, 11) is 0. The highest BCUT2D eigenvalue weighted by atomic mass is 16.1. The Morgan fingerprint density at radius 3 is 2.64 bits per heavy atom. The van der Waals surface area contributed by atoms with Gasteiger partial charge in [0, 0.05) is 25.0 Å². The molecule has 1 atom stereocenters. The lowest BCUT2D eigenvalue weighted by Gasteiger charge is -2.24. The number of carbonyl (C=O) groups is 1. The Kier molecular flexibility index (Phi) is 3.40. The lowest BCUT2D eigenvalue weighted by Crippen LogP contribution is -2.41. The first-order chi connectivity index (χ1) is 6.84. The van der Waals surface area contributed by atoms with Gasteiger partial charge in [-0.1, -0.05) is 19.3 Å². The van der Waals surface area contributed by atoms with Crippen molar-refractivity contribution in [2.75, 3.05) is 6.54 Å². The summed E-state index contributed by atoms with van der Waals surface area (Å²) >= 11 is 0. The summed E-state index contributed by atoms with van der Waals surface area (Å²) in [6.07, 6.45) is 8.51. The minimum atomic E-state index is 0.223. The van der Waals surface area contributed by atoms with Gasteiger partial charge in [-0.3, -0.25) is 4.79 Å².